The highest BCUT2D eigenvalue weighted by Crippen LogP contribution is 2.12. The van der Waals surface area contributed by atoms with E-state index in [1.807, 2.05) is 11.4 Å². The van der Waals surface area contributed by atoms with Crippen molar-refractivity contribution in [1.82, 2.24) is 4.98 Å². The summed E-state index contributed by atoms with van der Waals surface area (Å²) in [6.45, 7) is 0.602. The number of halogens is 1. The molecule has 0 fully saturated rings. The van der Waals surface area contributed by atoms with E-state index in [-0.39, 0.29) is 5.82 Å². The maximum absolute atomic E-state index is 12.8. The predicted octanol–water partition coefficient (Wildman–Crippen LogP) is 2.89. The van der Waals surface area contributed by atoms with E-state index < -0.39 is 0 Å². The van der Waals surface area contributed by atoms with Gasteiger partial charge < -0.3 is 5.32 Å². The van der Waals surface area contributed by atoms with Crippen LogP contribution >= 0.6 is 11.3 Å². The van der Waals surface area contributed by atoms with E-state index in [0.717, 1.165) is 10.7 Å². The van der Waals surface area contributed by atoms with Crippen molar-refractivity contribution >= 4 is 16.5 Å². The van der Waals surface area contributed by atoms with Crippen molar-refractivity contribution in [2.24, 2.45) is 0 Å². The first-order valence-corrected chi connectivity index (χ1v) is 5.10. The topological polar surface area (TPSA) is 24.9 Å². The number of hydrogen-bond donors (Lipinski definition) is 1. The number of benzene rings is 1. The Bertz CT molecular complexity index is 400. The lowest BCUT2D eigenvalue weighted by Gasteiger charge is -2.02. The van der Waals surface area contributed by atoms with E-state index in [2.05, 4.69) is 10.3 Å². The molecule has 14 heavy (non-hydrogen) atoms. The molecule has 0 aliphatic rings. The van der Waals surface area contributed by atoms with Crippen LogP contribution in [0.25, 0.3) is 0 Å². The van der Waals surface area contributed by atoms with Crippen LogP contribution in [0.3, 0.4) is 0 Å². The Morgan fingerprint density at radius 3 is 3.07 bits per heavy atom. The Balaban J connectivity index is 1.98. The van der Waals surface area contributed by atoms with Crippen LogP contribution in [0.15, 0.2) is 35.8 Å². The number of aromatic nitrogens is 1. The van der Waals surface area contributed by atoms with E-state index in [9.17, 15) is 4.39 Å². The van der Waals surface area contributed by atoms with E-state index in [4.69, 9.17) is 0 Å². The molecule has 0 radical (unpaired) electrons. The summed E-state index contributed by atoms with van der Waals surface area (Å²) in [4.78, 5) is 4.07. The summed E-state index contributed by atoms with van der Waals surface area (Å²) in [5.74, 6) is -0.205. The van der Waals surface area contributed by atoms with Gasteiger partial charge in [-0.3, -0.25) is 0 Å². The third-order valence-electron chi connectivity index (χ3n) is 1.77. The summed E-state index contributed by atoms with van der Waals surface area (Å²) in [7, 11) is 0. The molecule has 2 rings (SSSR count). The third-order valence-corrected chi connectivity index (χ3v) is 2.50. The minimum atomic E-state index is -0.205. The highest BCUT2D eigenvalue weighted by molar-refractivity contribution is 7.13. The van der Waals surface area contributed by atoms with Gasteiger partial charge in [-0.05, 0) is 17.7 Å². The van der Waals surface area contributed by atoms with Crippen LogP contribution in [0.1, 0.15) is 5.56 Å². The van der Waals surface area contributed by atoms with Crippen molar-refractivity contribution in [3.63, 3.8) is 0 Å². The molecule has 1 aromatic carbocycles. The van der Waals surface area contributed by atoms with Crippen LogP contribution in [-0.4, -0.2) is 4.98 Å². The number of nitrogens with zero attached hydrogens (tertiary/aromatic N) is 1. The normalized spacial score (nSPS) is 10.1. The molecule has 0 aliphatic carbocycles. The second-order valence-electron chi connectivity index (χ2n) is 2.82. The van der Waals surface area contributed by atoms with Gasteiger partial charge in [-0.2, -0.15) is 0 Å². The molecule has 1 aromatic heterocycles. The summed E-state index contributed by atoms with van der Waals surface area (Å²) in [5.41, 5.74) is 0.917. The zero-order valence-corrected chi connectivity index (χ0v) is 8.22. The number of hydrogen-bond acceptors (Lipinski definition) is 3. The molecule has 0 atom stereocenters. The zero-order valence-electron chi connectivity index (χ0n) is 7.40. The van der Waals surface area contributed by atoms with Gasteiger partial charge in [-0.25, -0.2) is 9.37 Å². The van der Waals surface area contributed by atoms with Crippen molar-refractivity contribution in [1.29, 1.82) is 0 Å². The van der Waals surface area contributed by atoms with Gasteiger partial charge >= 0.3 is 0 Å². The van der Waals surface area contributed by atoms with Crippen molar-refractivity contribution in [2.75, 3.05) is 5.32 Å². The predicted molar refractivity (Wildman–Crippen MR) is 55.8 cm³/mol. The first kappa shape index (κ1) is 9.15. The van der Waals surface area contributed by atoms with Gasteiger partial charge in [-0.1, -0.05) is 12.1 Å². The van der Waals surface area contributed by atoms with E-state index in [1.54, 1.807) is 12.3 Å². The van der Waals surface area contributed by atoms with Gasteiger partial charge in [0.05, 0.1) is 0 Å². The van der Waals surface area contributed by atoms with Crippen LogP contribution in [-0.2, 0) is 6.54 Å². The van der Waals surface area contributed by atoms with Crippen LogP contribution in [0.4, 0.5) is 9.52 Å². The maximum atomic E-state index is 12.8. The molecule has 0 aliphatic heterocycles. The van der Waals surface area contributed by atoms with Crippen molar-refractivity contribution in [3.8, 4) is 0 Å². The molecule has 2 nitrogen and oxygen atoms in total. The molecule has 0 saturated carbocycles. The number of thiazole rings is 1. The molecule has 0 saturated heterocycles. The molecular formula is C10H9FN2S. The summed E-state index contributed by atoms with van der Waals surface area (Å²) in [6, 6.07) is 6.53. The molecule has 0 amide bonds. The standard InChI is InChI=1S/C10H9FN2S/c11-9-3-1-2-8(6-9)7-13-10-12-4-5-14-10/h1-6H,7H2,(H,12,13). The molecule has 0 bridgehead atoms. The quantitative estimate of drug-likeness (QED) is 0.838. The van der Waals surface area contributed by atoms with E-state index in [0.29, 0.717) is 6.54 Å². The zero-order chi connectivity index (χ0) is 9.80. The maximum Gasteiger partial charge on any atom is 0.182 e. The molecule has 0 unspecified atom stereocenters. The highest BCUT2D eigenvalue weighted by Gasteiger charge is 1.96. The summed E-state index contributed by atoms with van der Waals surface area (Å²) in [6.07, 6.45) is 1.73. The molecule has 0 spiro atoms. The van der Waals surface area contributed by atoms with Gasteiger partial charge in [0.25, 0.3) is 0 Å². The van der Waals surface area contributed by atoms with Gasteiger partial charge in [0.15, 0.2) is 5.13 Å². The Labute approximate surface area is 85.4 Å². The molecule has 1 heterocycles. The minimum Gasteiger partial charge on any atom is -0.357 e. The van der Waals surface area contributed by atoms with Gasteiger partial charge in [0, 0.05) is 18.1 Å². The van der Waals surface area contributed by atoms with Gasteiger partial charge in [-0.15, -0.1) is 11.3 Å². The van der Waals surface area contributed by atoms with Crippen molar-refractivity contribution in [2.45, 2.75) is 6.54 Å². The molecule has 4 heteroatoms. The second kappa shape index (κ2) is 4.19. The lowest BCUT2D eigenvalue weighted by Crippen LogP contribution is -1.98. The Morgan fingerprint density at radius 1 is 1.43 bits per heavy atom. The molecular weight excluding hydrogens is 199 g/mol. The second-order valence-corrected chi connectivity index (χ2v) is 3.72. The van der Waals surface area contributed by atoms with E-state index >= 15 is 0 Å². The Kier molecular flexibility index (Phi) is 2.74. The summed E-state index contributed by atoms with van der Waals surface area (Å²) >= 11 is 1.53. The Hall–Kier alpha value is -1.42. The monoisotopic (exact) mass is 208 g/mol. The Morgan fingerprint density at radius 2 is 2.36 bits per heavy atom. The fraction of sp³-hybridized carbons (Fsp3) is 0.100. The van der Waals surface area contributed by atoms with E-state index in [1.165, 1.54) is 23.5 Å². The van der Waals surface area contributed by atoms with Crippen molar-refractivity contribution < 1.29 is 4.39 Å². The SMILES string of the molecule is Fc1cccc(CNc2nccs2)c1. The fourth-order valence-corrected chi connectivity index (χ4v) is 1.66. The number of nitrogens with one attached hydrogen (secondary N) is 1. The molecule has 72 valence electrons. The van der Waals surface area contributed by atoms with Crippen molar-refractivity contribution in [3.05, 3.63) is 47.2 Å². The highest BCUT2D eigenvalue weighted by atomic mass is 32.1. The first-order chi connectivity index (χ1) is 6.84. The molecule has 2 aromatic rings. The third kappa shape index (κ3) is 2.29. The number of anilines is 1. The molecule has 1 N–H and O–H groups in total. The van der Waals surface area contributed by atoms with Crippen LogP contribution < -0.4 is 5.32 Å². The first-order valence-electron chi connectivity index (χ1n) is 4.22. The smallest absolute Gasteiger partial charge is 0.182 e. The number of rotatable bonds is 3. The van der Waals surface area contributed by atoms with Gasteiger partial charge in [0.2, 0.25) is 0 Å². The minimum absolute atomic E-state index is 0.205. The van der Waals surface area contributed by atoms with Gasteiger partial charge in [0.1, 0.15) is 5.82 Å². The summed E-state index contributed by atoms with van der Waals surface area (Å²) < 4.78 is 12.8. The lowest BCUT2D eigenvalue weighted by atomic mass is 10.2. The fourth-order valence-electron chi connectivity index (χ4n) is 1.14. The average molecular weight is 208 g/mol. The van der Waals surface area contributed by atoms with Crippen LogP contribution in [0.5, 0.6) is 0 Å². The van der Waals surface area contributed by atoms with Crippen LogP contribution in [0, 0.1) is 5.82 Å². The largest absolute Gasteiger partial charge is 0.357 e. The average Bonchev–Trinajstić information content (AvgIpc) is 2.67. The summed E-state index contributed by atoms with van der Waals surface area (Å²) in [5, 5.41) is 5.86. The van der Waals surface area contributed by atoms with Crippen LogP contribution in [0.2, 0.25) is 0 Å². The lowest BCUT2D eigenvalue weighted by molar-refractivity contribution is 0.626.